The zero-order valence-electron chi connectivity index (χ0n) is 21.1. The molecule has 0 spiro atoms. The van der Waals surface area contributed by atoms with Crippen LogP contribution in [0.3, 0.4) is 0 Å². The summed E-state index contributed by atoms with van der Waals surface area (Å²) in [6, 6.07) is 13.2. The lowest BCUT2D eigenvalue weighted by molar-refractivity contribution is 0.122. The number of morpholine rings is 1. The number of imidazole rings is 1. The van der Waals surface area contributed by atoms with Gasteiger partial charge in [0.05, 0.1) is 47.8 Å². The zero-order valence-corrected chi connectivity index (χ0v) is 21.1. The summed E-state index contributed by atoms with van der Waals surface area (Å²) in [5.41, 5.74) is 7.49. The first kappa shape index (κ1) is 22.2. The highest BCUT2D eigenvalue weighted by molar-refractivity contribution is 5.96. The molecule has 1 saturated carbocycles. The Hall–Kier alpha value is -3.98. The maximum atomic E-state index is 5.62. The van der Waals surface area contributed by atoms with Crippen molar-refractivity contribution in [3.05, 3.63) is 60.9 Å². The molecule has 1 N–H and O–H groups in total. The van der Waals surface area contributed by atoms with Crippen molar-refractivity contribution in [1.82, 2.24) is 34.5 Å². The Kier molecular flexibility index (Phi) is 5.32. The Morgan fingerprint density at radius 3 is 2.62 bits per heavy atom. The number of hydrogen-bond acceptors (Lipinski definition) is 6. The third-order valence-corrected chi connectivity index (χ3v) is 7.43. The van der Waals surface area contributed by atoms with Gasteiger partial charge < -0.3 is 18.8 Å². The molecule has 2 aromatic carbocycles. The summed E-state index contributed by atoms with van der Waals surface area (Å²) in [5, 5.41) is 17.6. The van der Waals surface area contributed by atoms with Crippen LogP contribution in [0.1, 0.15) is 44.3 Å². The topological polar surface area (TPSA) is 89.7 Å². The van der Waals surface area contributed by atoms with Crippen molar-refractivity contribution >= 4 is 16.6 Å². The Bertz CT molecular complexity index is 1570. The van der Waals surface area contributed by atoms with E-state index in [2.05, 4.69) is 85.8 Å². The fraction of sp³-hybridized carbons (Fsp3) is 0.357. The lowest BCUT2D eigenvalue weighted by atomic mass is 10.0. The number of ether oxygens (including phenoxy) is 1. The zero-order chi connectivity index (χ0) is 24.9. The second-order valence-corrected chi connectivity index (χ2v) is 10.3. The second kappa shape index (κ2) is 8.85. The highest BCUT2D eigenvalue weighted by Gasteiger charge is 2.26. The van der Waals surface area contributed by atoms with E-state index in [4.69, 9.17) is 14.8 Å². The fourth-order valence-electron chi connectivity index (χ4n) is 5.21. The van der Waals surface area contributed by atoms with Crippen LogP contribution in [0.5, 0.6) is 0 Å². The molecule has 0 amide bonds. The van der Waals surface area contributed by atoms with E-state index in [0.717, 1.165) is 65.5 Å². The number of fused-ring (bicyclic) bond motifs is 1. The second-order valence-electron chi connectivity index (χ2n) is 10.3. The largest absolute Gasteiger partial charge is 0.378 e. The molecular formula is C28H30N8O. The molecular weight excluding hydrogens is 464 g/mol. The predicted octanol–water partition coefficient (Wildman–Crippen LogP) is 4.97. The van der Waals surface area contributed by atoms with Crippen LogP contribution in [0.25, 0.3) is 39.2 Å². The minimum absolute atomic E-state index is 0.274. The van der Waals surface area contributed by atoms with Crippen LogP contribution in [0, 0.1) is 0 Å². The molecule has 1 aliphatic heterocycles. The Morgan fingerprint density at radius 1 is 0.973 bits per heavy atom. The minimum atomic E-state index is 0.274. The van der Waals surface area contributed by atoms with Gasteiger partial charge in [0.25, 0.3) is 0 Å². The first-order chi connectivity index (χ1) is 18.2. The van der Waals surface area contributed by atoms with Gasteiger partial charge in [-0.15, -0.1) is 10.2 Å². The molecule has 2 fully saturated rings. The lowest BCUT2D eigenvalue weighted by Crippen LogP contribution is -2.36. The molecule has 9 nitrogen and oxygen atoms in total. The number of H-pyrrole nitrogens is 1. The standard InChI is InChI=1S/C28H30N8O/c1-18(2)36-17-30-33-28(36)21-5-7-23-22(13-21)27(32-31-23)20-6-8-25(34-9-11-37-12-10-34)26(14-20)35-15-24(29-16-35)19-3-4-19/h5-8,13-19H,3-4,9-12H2,1-2H3,(H,31,32). The molecule has 0 atom stereocenters. The minimum Gasteiger partial charge on any atom is -0.378 e. The van der Waals surface area contributed by atoms with Gasteiger partial charge in [-0.05, 0) is 57.0 Å². The monoisotopic (exact) mass is 494 g/mol. The van der Waals surface area contributed by atoms with Gasteiger partial charge in [-0.3, -0.25) is 5.10 Å². The summed E-state index contributed by atoms with van der Waals surface area (Å²) in [7, 11) is 0. The summed E-state index contributed by atoms with van der Waals surface area (Å²) in [4.78, 5) is 7.13. The van der Waals surface area contributed by atoms with E-state index in [0.29, 0.717) is 5.92 Å². The van der Waals surface area contributed by atoms with Gasteiger partial charge in [-0.1, -0.05) is 6.07 Å². The normalized spacial score (nSPS) is 16.2. The molecule has 7 rings (SSSR count). The van der Waals surface area contributed by atoms with Crippen LogP contribution >= 0.6 is 0 Å². The highest BCUT2D eigenvalue weighted by atomic mass is 16.5. The SMILES string of the molecule is CC(C)n1cnnc1-c1ccc2[nH]nc(-c3ccc(N4CCOCC4)c(-n4cnc(C5CC5)c4)c3)c2c1. The molecule has 1 aliphatic carbocycles. The van der Waals surface area contributed by atoms with Crippen LogP contribution in [0.2, 0.25) is 0 Å². The average molecular weight is 495 g/mol. The van der Waals surface area contributed by atoms with Crippen molar-refractivity contribution in [2.75, 3.05) is 31.2 Å². The van der Waals surface area contributed by atoms with Gasteiger partial charge in [-0.2, -0.15) is 5.10 Å². The van der Waals surface area contributed by atoms with Crippen LogP contribution in [-0.2, 0) is 4.74 Å². The summed E-state index contributed by atoms with van der Waals surface area (Å²) >= 11 is 0. The highest BCUT2D eigenvalue weighted by Crippen LogP contribution is 2.40. The maximum Gasteiger partial charge on any atom is 0.164 e. The summed E-state index contributed by atoms with van der Waals surface area (Å²) < 4.78 is 9.88. The van der Waals surface area contributed by atoms with E-state index in [9.17, 15) is 0 Å². The van der Waals surface area contributed by atoms with Crippen molar-refractivity contribution in [3.63, 3.8) is 0 Å². The number of nitrogens with zero attached hydrogens (tertiary/aromatic N) is 7. The summed E-state index contributed by atoms with van der Waals surface area (Å²) in [6.07, 6.45) is 8.41. The van der Waals surface area contributed by atoms with E-state index in [1.807, 2.05) is 6.33 Å². The van der Waals surface area contributed by atoms with Crippen LogP contribution in [-0.4, -0.2) is 60.8 Å². The average Bonchev–Trinajstić information content (AvgIpc) is 3.32. The molecule has 9 heteroatoms. The fourth-order valence-corrected chi connectivity index (χ4v) is 5.21. The number of aromatic amines is 1. The van der Waals surface area contributed by atoms with Crippen molar-refractivity contribution < 1.29 is 4.74 Å². The molecule has 0 radical (unpaired) electrons. The van der Waals surface area contributed by atoms with Crippen LogP contribution in [0.4, 0.5) is 5.69 Å². The van der Waals surface area contributed by atoms with Gasteiger partial charge in [-0.25, -0.2) is 4.98 Å². The number of aromatic nitrogens is 7. The van der Waals surface area contributed by atoms with Crippen LogP contribution < -0.4 is 4.90 Å². The number of benzene rings is 2. The lowest BCUT2D eigenvalue weighted by Gasteiger charge is -2.30. The first-order valence-corrected chi connectivity index (χ1v) is 13.0. The Balaban J connectivity index is 1.34. The summed E-state index contributed by atoms with van der Waals surface area (Å²) in [6.45, 7) is 7.51. The van der Waals surface area contributed by atoms with E-state index < -0.39 is 0 Å². The van der Waals surface area contributed by atoms with E-state index >= 15 is 0 Å². The van der Waals surface area contributed by atoms with Crippen molar-refractivity contribution in [1.29, 1.82) is 0 Å². The molecule has 2 aliphatic rings. The quantitative estimate of drug-likeness (QED) is 0.359. The molecule has 1 saturated heterocycles. The van der Waals surface area contributed by atoms with Gasteiger partial charge >= 0.3 is 0 Å². The number of nitrogens with one attached hydrogen (secondary N) is 1. The van der Waals surface area contributed by atoms with Crippen molar-refractivity contribution in [2.24, 2.45) is 0 Å². The first-order valence-electron chi connectivity index (χ1n) is 13.0. The third kappa shape index (κ3) is 3.99. The van der Waals surface area contributed by atoms with Crippen molar-refractivity contribution in [2.45, 2.75) is 38.6 Å². The smallest absolute Gasteiger partial charge is 0.164 e. The molecule has 37 heavy (non-hydrogen) atoms. The number of rotatable bonds is 6. The number of anilines is 1. The van der Waals surface area contributed by atoms with Gasteiger partial charge in [0.1, 0.15) is 6.33 Å². The maximum absolute atomic E-state index is 5.62. The molecule has 0 bridgehead atoms. The van der Waals surface area contributed by atoms with E-state index in [1.165, 1.54) is 24.2 Å². The molecule has 5 aromatic rings. The van der Waals surface area contributed by atoms with E-state index in [1.54, 1.807) is 6.33 Å². The Morgan fingerprint density at radius 2 is 1.81 bits per heavy atom. The molecule has 3 aromatic heterocycles. The van der Waals surface area contributed by atoms with Crippen LogP contribution in [0.15, 0.2) is 55.2 Å². The third-order valence-electron chi connectivity index (χ3n) is 7.43. The van der Waals surface area contributed by atoms with Gasteiger partial charge in [0.15, 0.2) is 5.82 Å². The number of hydrogen-bond donors (Lipinski definition) is 1. The predicted molar refractivity (Wildman–Crippen MR) is 143 cm³/mol. The van der Waals surface area contributed by atoms with E-state index in [-0.39, 0.29) is 6.04 Å². The molecule has 188 valence electrons. The molecule has 4 heterocycles. The van der Waals surface area contributed by atoms with Gasteiger partial charge in [0, 0.05) is 47.8 Å². The van der Waals surface area contributed by atoms with Crippen molar-refractivity contribution in [3.8, 4) is 28.3 Å². The van der Waals surface area contributed by atoms with Gasteiger partial charge in [0.2, 0.25) is 0 Å². The Labute approximate surface area is 215 Å². The molecule has 0 unspecified atom stereocenters. The summed E-state index contributed by atoms with van der Waals surface area (Å²) in [5.74, 6) is 1.47.